The van der Waals surface area contributed by atoms with Crippen LogP contribution < -0.4 is 10.6 Å². The topological polar surface area (TPSA) is 66.9 Å². The Labute approximate surface area is 105 Å². The van der Waals surface area contributed by atoms with Gasteiger partial charge in [0, 0.05) is 0 Å². The summed E-state index contributed by atoms with van der Waals surface area (Å²) in [6, 6.07) is 6.23. The fourth-order valence-electron chi connectivity index (χ4n) is 1.63. The van der Waals surface area contributed by atoms with Crippen LogP contribution in [-0.2, 0) is 4.79 Å². The van der Waals surface area contributed by atoms with Crippen LogP contribution in [0.4, 0.5) is 5.69 Å². The summed E-state index contributed by atoms with van der Waals surface area (Å²) in [7, 11) is 0. The zero-order valence-corrected chi connectivity index (χ0v) is 10.9. The van der Waals surface area contributed by atoms with E-state index in [9.17, 15) is 4.79 Å². The molecule has 2 aromatic rings. The molecule has 88 valence electrons. The summed E-state index contributed by atoms with van der Waals surface area (Å²) in [6.07, 6.45) is 2.37. The van der Waals surface area contributed by atoms with Crippen LogP contribution in [0.2, 0.25) is 0 Å². The maximum absolute atomic E-state index is 11.7. The molecule has 0 saturated heterocycles. The molecule has 0 aliphatic heterocycles. The zero-order chi connectivity index (χ0) is 11.7. The van der Waals surface area contributed by atoms with Gasteiger partial charge in [0.1, 0.15) is 0 Å². The van der Waals surface area contributed by atoms with E-state index in [4.69, 9.17) is 0 Å². The van der Waals surface area contributed by atoms with E-state index in [2.05, 4.69) is 18.6 Å². The summed E-state index contributed by atoms with van der Waals surface area (Å²) >= 11 is -0.0601. The van der Waals surface area contributed by atoms with Crippen LogP contribution in [0.5, 0.6) is 0 Å². The second kappa shape index (κ2) is 4.56. The Hall–Kier alpha value is -1.23. The average molecular weight is 295 g/mol. The number of anilines is 1. The molecule has 6 heteroatoms. The Morgan fingerprint density at radius 1 is 1.41 bits per heavy atom. The van der Waals surface area contributed by atoms with E-state index in [0.29, 0.717) is 12.6 Å². The van der Waals surface area contributed by atoms with Crippen molar-refractivity contribution in [3.05, 3.63) is 18.2 Å². The summed E-state index contributed by atoms with van der Waals surface area (Å²) < 4.78 is 8.60. The van der Waals surface area contributed by atoms with Crippen LogP contribution >= 0.6 is 0 Å². The van der Waals surface area contributed by atoms with Gasteiger partial charge in [0.25, 0.3) is 0 Å². The fraction of sp³-hybridized carbons (Fsp3) is 0.364. The van der Waals surface area contributed by atoms with Gasteiger partial charge < -0.3 is 0 Å². The summed E-state index contributed by atoms with van der Waals surface area (Å²) in [5.74, 6) is -0.0140. The summed E-state index contributed by atoms with van der Waals surface area (Å²) in [4.78, 5) is 11.7. The molecule has 1 aromatic heterocycles. The van der Waals surface area contributed by atoms with E-state index in [-0.39, 0.29) is 20.9 Å². The Balaban J connectivity index is 1.70. The van der Waals surface area contributed by atoms with Crippen LogP contribution in [0, 0.1) is 0 Å². The number of nitrogens with one attached hydrogen (secondary N) is 2. The van der Waals surface area contributed by atoms with E-state index in [1.807, 2.05) is 18.2 Å². The van der Waals surface area contributed by atoms with E-state index >= 15 is 0 Å². The van der Waals surface area contributed by atoms with Crippen molar-refractivity contribution in [3.63, 3.8) is 0 Å². The molecule has 1 aliphatic rings. The van der Waals surface area contributed by atoms with Crippen molar-refractivity contribution >= 4 is 37.6 Å². The van der Waals surface area contributed by atoms with Gasteiger partial charge in [0.2, 0.25) is 0 Å². The SMILES string of the molecule is O=C(CNC1CC1)Nc1cccc2n[se]nc12. The van der Waals surface area contributed by atoms with Crippen molar-refractivity contribution in [2.75, 3.05) is 11.9 Å². The van der Waals surface area contributed by atoms with Crippen molar-refractivity contribution in [2.45, 2.75) is 18.9 Å². The average Bonchev–Trinajstić information content (AvgIpc) is 3.03. The molecule has 2 N–H and O–H groups in total. The molecule has 5 nitrogen and oxygen atoms in total. The number of carbonyl (C=O) groups is 1. The summed E-state index contributed by atoms with van der Waals surface area (Å²) in [6.45, 7) is 0.372. The fourth-order valence-corrected chi connectivity index (χ4v) is 2.78. The summed E-state index contributed by atoms with van der Waals surface area (Å²) in [5.41, 5.74) is 2.48. The second-order valence-electron chi connectivity index (χ2n) is 4.14. The van der Waals surface area contributed by atoms with Crippen molar-refractivity contribution in [2.24, 2.45) is 0 Å². The van der Waals surface area contributed by atoms with E-state index in [0.717, 1.165) is 16.7 Å². The standard InChI is InChI=1S/C11H12N4OSe/c16-10(6-12-7-4-5-7)13-8-2-1-3-9-11(8)15-17-14-9/h1-3,7,12H,4-6H2,(H,13,16). The minimum absolute atomic E-state index is 0.0140. The number of fused-ring (bicyclic) bond motifs is 1. The Bertz CT molecular complexity index is 549. The zero-order valence-electron chi connectivity index (χ0n) is 9.14. The van der Waals surface area contributed by atoms with Gasteiger partial charge in [-0.15, -0.1) is 0 Å². The van der Waals surface area contributed by atoms with Crippen LogP contribution in [-0.4, -0.2) is 41.4 Å². The van der Waals surface area contributed by atoms with Crippen molar-refractivity contribution < 1.29 is 4.79 Å². The molecule has 0 atom stereocenters. The molecule has 1 fully saturated rings. The van der Waals surface area contributed by atoms with Crippen molar-refractivity contribution in [1.82, 2.24) is 13.3 Å². The predicted octanol–water partition coefficient (Wildman–Crippen LogP) is 0.377. The first-order valence-corrected chi connectivity index (χ1v) is 7.10. The van der Waals surface area contributed by atoms with Crippen molar-refractivity contribution in [1.29, 1.82) is 0 Å². The molecule has 0 unspecified atom stereocenters. The first kappa shape index (κ1) is 10.9. The van der Waals surface area contributed by atoms with Gasteiger partial charge in [-0.1, -0.05) is 0 Å². The van der Waals surface area contributed by atoms with Gasteiger partial charge >= 0.3 is 105 Å². The third kappa shape index (κ3) is 2.54. The van der Waals surface area contributed by atoms with E-state index < -0.39 is 0 Å². The maximum atomic E-state index is 11.7. The molecule has 1 aromatic carbocycles. The quantitative estimate of drug-likeness (QED) is 0.800. The Morgan fingerprint density at radius 3 is 3.12 bits per heavy atom. The monoisotopic (exact) mass is 296 g/mol. The molecule has 0 radical (unpaired) electrons. The number of hydrogen-bond donors (Lipinski definition) is 2. The predicted molar refractivity (Wildman–Crippen MR) is 66.1 cm³/mol. The number of nitrogens with zero attached hydrogens (tertiary/aromatic N) is 2. The molecule has 1 saturated carbocycles. The number of amides is 1. The van der Waals surface area contributed by atoms with Gasteiger partial charge in [0.05, 0.1) is 0 Å². The molecule has 1 amide bonds. The Morgan fingerprint density at radius 2 is 2.29 bits per heavy atom. The normalized spacial score (nSPS) is 15.1. The molecule has 3 rings (SSSR count). The molecule has 1 aliphatic carbocycles. The molecule has 17 heavy (non-hydrogen) atoms. The van der Waals surface area contributed by atoms with Gasteiger partial charge in [-0.25, -0.2) is 0 Å². The van der Waals surface area contributed by atoms with Crippen molar-refractivity contribution in [3.8, 4) is 0 Å². The first-order valence-electron chi connectivity index (χ1n) is 5.57. The summed E-state index contributed by atoms with van der Waals surface area (Å²) in [5, 5.41) is 6.06. The molecule has 1 heterocycles. The van der Waals surface area contributed by atoms with Gasteiger partial charge in [-0.2, -0.15) is 0 Å². The van der Waals surface area contributed by atoms with E-state index in [1.54, 1.807) is 0 Å². The first-order chi connectivity index (χ1) is 8.33. The molecular formula is C11H12N4OSe. The van der Waals surface area contributed by atoms with Crippen LogP contribution in [0.15, 0.2) is 18.2 Å². The number of rotatable bonds is 4. The third-order valence-electron chi connectivity index (χ3n) is 2.69. The number of benzene rings is 1. The van der Waals surface area contributed by atoms with Gasteiger partial charge in [-0.05, 0) is 0 Å². The molecule has 0 spiro atoms. The number of carbonyl (C=O) groups excluding carboxylic acids is 1. The Kier molecular flexibility index (Phi) is 2.92. The van der Waals surface area contributed by atoms with E-state index in [1.165, 1.54) is 12.8 Å². The number of hydrogen-bond acceptors (Lipinski definition) is 4. The second-order valence-corrected chi connectivity index (χ2v) is 5.25. The van der Waals surface area contributed by atoms with Crippen LogP contribution in [0.1, 0.15) is 12.8 Å². The van der Waals surface area contributed by atoms with Crippen LogP contribution in [0.25, 0.3) is 11.0 Å². The van der Waals surface area contributed by atoms with Gasteiger partial charge in [0.15, 0.2) is 0 Å². The molecular weight excluding hydrogens is 283 g/mol. The number of aromatic nitrogens is 2. The minimum atomic E-state index is -0.0601. The third-order valence-corrected chi connectivity index (χ3v) is 3.83. The van der Waals surface area contributed by atoms with Gasteiger partial charge in [-0.3, -0.25) is 0 Å². The van der Waals surface area contributed by atoms with Crippen LogP contribution in [0.3, 0.4) is 0 Å². The molecule has 0 bridgehead atoms.